The molecule has 2 aromatic carbocycles. The Morgan fingerprint density at radius 3 is 2.29 bits per heavy atom. The van der Waals surface area contributed by atoms with E-state index < -0.39 is 11.1 Å². The van der Waals surface area contributed by atoms with Crippen LogP contribution in [0.15, 0.2) is 24.3 Å². The minimum absolute atomic E-state index is 0.0202. The average Bonchev–Trinajstić information content (AvgIpc) is 2.43. The summed E-state index contributed by atoms with van der Waals surface area (Å²) < 4.78 is 14.7. The molecule has 0 unspecified atom stereocenters. The molecule has 128 valence electrons. The predicted molar refractivity (Wildman–Crippen MR) is 96.0 cm³/mol. The minimum atomic E-state index is -0.513. The Morgan fingerprint density at radius 1 is 1.21 bits per heavy atom. The maximum Gasteiger partial charge on any atom is 0.226 e. The number of hydrogen-bond acceptors (Lipinski definition) is 2. The molecule has 0 amide bonds. The molecule has 0 radical (unpaired) electrons. The number of rotatable bonds is 5. The summed E-state index contributed by atoms with van der Waals surface area (Å²) in [5.41, 5.74) is 1.82. The van der Waals surface area contributed by atoms with Gasteiger partial charge in [0.1, 0.15) is 11.6 Å². The maximum atomic E-state index is 14.7. The van der Waals surface area contributed by atoms with Crippen molar-refractivity contribution in [1.82, 2.24) is 0 Å². The predicted octanol–water partition coefficient (Wildman–Crippen LogP) is 5.86. The van der Waals surface area contributed by atoms with Crippen LogP contribution in [-0.2, 0) is 17.6 Å². The second-order valence-corrected chi connectivity index (χ2v) is 7.11. The van der Waals surface area contributed by atoms with E-state index in [-0.39, 0.29) is 30.1 Å². The number of hydrogen-bond donors (Lipinski definition) is 1. The van der Waals surface area contributed by atoms with E-state index in [0.29, 0.717) is 26.7 Å². The lowest BCUT2D eigenvalue weighted by Crippen LogP contribution is -2.02. The van der Waals surface area contributed by atoms with E-state index in [1.807, 2.05) is 0 Å². The van der Waals surface area contributed by atoms with Crippen molar-refractivity contribution in [2.75, 3.05) is 0 Å². The SMILES string of the molecule is CC(C)c1c(O)ccc(Cc2c(Cl)cc(CC(=O)Cl)cc2Cl)c1F. The fourth-order valence-corrected chi connectivity index (χ4v) is 3.41. The first kappa shape index (κ1) is 19.0. The van der Waals surface area contributed by atoms with E-state index in [1.165, 1.54) is 12.1 Å². The summed E-state index contributed by atoms with van der Waals surface area (Å²) in [4.78, 5) is 11.0. The highest BCUT2D eigenvalue weighted by Gasteiger charge is 2.18. The monoisotopic (exact) mass is 388 g/mol. The zero-order valence-electron chi connectivity index (χ0n) is 13.2. The molecule has 2 aromatic rings. The first-order valence-electron chi connectivity index (χ1n) is 7.36. The molecule has 0 aliphatic carbocycles. The molecule has 2 nitrogen and oxygen atoms in total. The molecule has 0 heterocycles. The number of aromatic hydroxyl groups is 1. The first-order valence-corrected chi connectivity index (χ1v) is 8.49. The standard InChI is InChI=1S/C18H16Cl3FO2/c1-9(2)17-15(23)4-3-11(18(17)22)8-12-13(19)5-10(6-14(12)20)7-16(21)24/h3-6,9,23H,7-8H2,1-2H3. The molecule has 2 rings (SSSR count). The summed E-state index contributed by atoms with van der Waals surface area (Å²) >= 11 is 17.9. The van der Waals surface area contributed by atoms with Gasteiger partial charge >= 0.3 is 0 Å². The smallest absolute Gasteiger partial charge is 0.226 e. The lowest BCUT2D eigenvalue weighted by Gasteiger charge is -2.15. The molecule has 6 heteroatoms. The Morgan fingerprint density at radius 2 is 1.79 bits per heavy atom. The molecular weight excluding hydrogens is 374 g/mol. The van der Waals surface area contributed by atoms with Crippen LogP contribution < -0.4 is 0 Å². The highest BCUT2D eigenvalue weighted by atomic mass is 35.5. The van der Waals surface area contributed by atoms with Crippen LogP contribution in [0.3, 0.4) is 0 Å². The van der Waals surface area contributed by atoms with Gasteiger partial charge < -0.3 is 5.11 Å². The lowest BCUT2D eigenvalue weighted by atomic mass is 9.95. The van der Waals surface area contributed by atoms with Gasteiger partial charge in [0.15, 0.2) is 0 Å². The van der Waals surface area contributed by atoms with E-state index in [2.05, 4.69) is 0 Å². The van der Waals surface area contributed by atoms with Gasteiger partial charge in [-0.1, -0.05) is 43.1 Å². The molecule has 24 heavy (non-hydrogen) atoms. The van der Waals surface area contributed by atoms with Crippen molar-refractivity contribution in [2.24, 2.45) is 0 Å². The molecular formula is C18H16Cl3FO2. The normalized spacial score (nSPS) is 11.1. The Labute approximate surface area is 155 Å². The van der Waals surface area contributed by atoms with E-state index in [9.17, 15) is 14.3 Å². The Balaban J connectivity index is 2.42. The summed E-state index contributed by atoms with van der Waals surface area (Å²) in [6, 6.07) is 6.19. The molecule has 1 N–H and O–H groups in total. The van der Waals surface area contributed by atoms with Crippen LogP contribution in [0.5, 0.6) is 5.75 Å². The van der Waals surface area contributed by atoms with Crippen molar-refractivity contribution in [3.05, 3.63) is 62.4 Å². The zero-order valence-corrected chi connectivity index (χ0v) is 15.4. The second-order valence-electron chi connectivity index (χ2n) is 5.87. The summed E-state index contributed by atoms with van der Waals surface area (Å²) in [6.07, 6.45) is 0.199. The van der Waals surface area contributed by atoms with Crippen LogP contribution in [0.2, 0.25) is 10.0 Å². The Bertz CT molecular complexity index is 765. The molecule has 0 aliphatic heterocycles. The molecule has 0 bridgehead atoms. The van der Waals surface area contributed by atoms with E-state index in [1.54, 1.807) is 26.0 Å². The molecule has 0 aliphatic rings. The van der Waals surface area contributed by atoms with Gasteiger partial charge in [0, 0.05) is 28.5 Å². The molecule has 0 saturated heterocycles. The van der Waals surface area contributed by atoms with E-state index in [4.69, 9.17) is 34.8 Å². The molecule has 0 atom stereocenters. The van der Waals surface area contributed by atoms with Gasteiger partial charge in [0.2, 0.25) is 5.24 Å². The third-order valence-corrected chi connectivity index (χ3v) is 4.53. The fraction of sp³-hybridized carbons (Fsp3) is 0.278. The fourth-order valence-electron chi connectivity index (χ4n) is 2.59. The van der Waals surface area contributed by atoms with Crippen molar-refractivity contribution >= 4 is 40.0 Å². The average molecular weight is 390 g/mol. The quantitative estimate of drug-likeness (QED) is 0.650. The molecule has 0 fully saturated rings. The van der Waals surface area contributed by atoms with Crippen molar-refractivity contribution in [3.63, 3.8) is 0 Å². The van der Waals surface area contributed by atoms with Crippen molar-refractivity contribution in [1.29, 1.82) is 0 Å². The summed E-state index contributed by atoms with van der Waals surface area (Å²) in [5, 5.41) is 10.0. The number of phenols is 1. The third-order valence-electron chi connectivity index (χ3n) is 3.73. The third kappa shape index (κ3) is 4.21. The highest BCUT2D eigenvalue weighted by Crippen LogP contribution is 2.34. The summed E-state index contributed by atoms with van der Waals surface area (Å²) in [5.74, 6) is -0.690. The van der Waals surface area contributed by atoms with Gasteiger partial charge in [-0.25, -0.2) is 4.39 Å². The number of halogens is 4. The molecule has 0 spiro atoms. The van der Waals surface area contributed by atoms with Gasteiger partial charge in [-0.15, -0.1) is 0 Å². The first-order chi connectivity index (χ1) is 11.2. The van der Waals surface area contributed by atoms with Gasteiger partial charge in [-0.3, -0.25) is 4.79 Å². The Hall–Kier alpha value is -1.29. The molecule has 0 aromatic heterocycles. The van der Waals surface area contributed by atoms with Crippen LogP contribution in [-0.4, -0.2) is 10.3 Å². The second kappa shape index (κ2) is 7.73. The molecule has 0 saturated carbocycles. The van der Waals surface area contributed by atoms with E-state index in [0.717, 1.165) is 0 Å². The van der Waals surface area contributed by atoms with Crippen molar-refractivity contribution in [3.8, 4) is 5.75 Å². The van der Waals surface area contributed by atoms with Crippen LogP contribution >= 0.6 is 34.8 Å². The van der Waals surface area contributed by atoms with Gasteiger partial charge in [-0.2, -0.15) is 0 Å². The van der Waals surface area contributed by atoms with Crippen LogP contribution in [0.25, 0.3) is 0 Å². The number of carbonyl (C=O) groups excluding carboxylic acids is 1. The van der Waals surface area contributed by atoms with Gasteiger partial charge in [-0.05, 0) is 52.4 Å². The maximum absolute atomic E-state index is 14.7. The number of carbonyl (C=O) groups is 1. The summed E-state index contributed by atoms with van der Waals surface area (Å²) in [6.45, 7) is 3.61. The highest BCUT2D eigenvalue weighted by molar-refractivity contribution is 6.63. The van der Waals surface area contributed by atoms with Crippen LogP contribution in [0.1, 0.15) is 42.0 Å². The lowest BCUT2D eigenvalue weighted by molar-refractivity contribution is -0.111. The van der Waals surface area contributed by atoms with Crippen LogP contribution in [0.4, 0.5) is 4.39 Å². The van der Waals surface area contributed by atoms with E-state index >= 15 is 0 Å². The van der Waals surface area contributed by atoms with Crippen molar-refractivity contribution < 1.29 is 14.3 Å². The van der Waals surface area contributed by atoms with Gasteiger partial charge in [0.05, 0.1) is 0 Å². The van der Waals surface area contributed by atoms with Crippen molar-refractivity contribution in [2.45, 2.75) is 32.6 Å². The number of benzene rings is 2. The minimum Gasteiger partial charge on any atom is -0.508 e. The number of phenolic OH excluding ortho intramolecular Hbond substituents is 1. The zero-order chi connectivity index (χ0) is 18.0. The largest absolute Gasteiger partial charge is 0.508 e. The van der Waals surface area contributed by atoms with Gasteiger partial charge in [0.25, 0.3) is 0 Å². The topological polar surface area (TPSA) is 37.3 Å². The van der Waals surface area contributed by atoms with Crippen LogP contribution in [0, 0.1) is 5.82 Å². The Kier molecular flexibility index (Phi) is 6.13. The summed E-state index contributed by atoms with van der Waals surface area (Å²) in [7, 11) is 0.